The molecular formula is C11H11N2O3. The molecule has 1 heterocycles. The average Bonchev–Trinajstić information content (AvgIpc) is 2.82. The minimum absolute atomic E-state index is 0.556. The van der Waals surface area contributed by atoms with Crippen molar-refractivity contribution in [3.63, 3.8) is 0 Å². The molecule has 0 aliphatic rings. The fourth-order valence-electron chi connectivity index (χ4n) is 1.22. The van der Waals surface area contributed by atoms with Gasteiger partial charge in [-0.1, -0.05) is 4.85 Å². The van der Waals surface area contributed by atoms with E-state index >= 15 is 0 Å². The maximum atomic E-state index is 5.43. The monoisotopic (exact) mass is 219 g/mol. The van der Waals surface area contributed by atoms with Gasteiger partial charge >= 0.3 is 0 Å². The summed E-state index contributed by atoms with van der Waals surface area (Å²) in [5.74, 6) is 1.84. The quantitative estimate of drug-likeness (QED) is 0.782. The van der Waals surface area contributed by atoms with Gasteiger partial charge in [-0.25, -0.2) is 0 Å². The first-order chi connectivity index (χ1) is 7.83. The van der Waals surface area contributed by atoms with Crippen molar-refractivity contribution in [1.82, 2.24) is 9.94 Å². The van der Waals surface area contributed by atoms with E-state index in [1.807, 2.05) is 0 Å². The van der Waals surface area contributed by atoms with E-state index in [2.05, 4.69) is 11.3 Å². The van der Waals surface area contributed by atoms with Crippen molar-refractivity contribution in [1.29, 1.82) is 0 Å². The molecule has 16 heavy (non-hydrogen) atoms. The summed E-state index contributed by atoms with van der Waals surface area (Å²) >= 11 is 0. The van der Waals surface area contributed by atoms with Crippen molar-refractivity contribution in [2.45, 2.75) is 0 Å². The number of hydrogen-bond donors (Lipinski definition) is 0. The number of aromatic nitrogens is 2. The molecule has 2 rings (SSSR count). The second kappa shape index (κ2) is 4.57. The Balaban J connectivity index is 2.26. The molecule has 0 aliphatic heterocycles. The predicted octanol–water partition coefficient (Wildman–Crippen LogP) is 1.54. The van der Waals surface area contributed by atoms with Crippen LogP contribution >= 0.6 is 0 Å². The predicted molar refractivity (Wildman–Crippen MR) is 56.6 cm³/mol. The number of methoxy groups -OCH3 is 2. The molecule has 5 heteroatoms. The van der Waals surface area contributed by atoms with E-state index in [1.165, 1.54) is 4.85 Å². The highest BCUT2D eigenvalue weighted by Crippen LogP contribution is 2.31. The third-order valence-corrected chi connectivity index (χ3v) is 2.00. The summed E-state index contributed by atoms with van der Waals surface area (Å²) in [6, 6.07) is 6.92. The number of ether oxygens (including phenoxy) is 2. The highest BCUT2D eigenvalue weighted by Gasteiger charge is 2.07. The maximum absolute atomic E-state index is 5.43. The SMILES string of the molecule is COc1ccc(On2cc[c]n2)c(OC)c1. The molecule has 0 bridgehead atoms. The van der Waals surface area contributed by atoms with Crippen LogP contribution in [0.4, 0.5) is 0 Å². The van der Waals surface area contributed by atoms with Crippen molar-refractivity contribution in [2.75, 3.05) is 14.2 Å². The Hall–Kier alpha value is -2.17. The summed E-state index contributed by atoms with van der Waals surface area (Å²) < 4.78 is 10.3. The molecule has 1 aromatic heterocycles. The van der Waals surface area contributed by atoms with Gasteiger partial charge in [0.2, 0.25) is 0 Å². The summed E-state index contributed by atoms with van der Waals surface area (Å²) in [4.78, 5) is 6.73. The van der Waals surface area contributed by atoms with Crippen molar-refractivity contribution < 1.29 is 14.3 Å². The number of benzene rings is 1. The molecule has 2 aromatic rings. The lowest BCUT2D eigenvalue weighted by atomic mass is 10.3. The maximum Gasteiger partial charge on any atom is 0.199 e. The molecule has 1 radical (unpaired) electrons. The third kappa shape index (κ3) is 2.08. The van der Waals surface area contributed by atoms with Crippen LogP contribution in [0.15, 0.2) is 30.5 Å². The number of nitrogens with zero attached hydrogens (tertiary/aromatic N) is 2. The summed E-state index contributed by atoms with van der Waals surface area (Å²) in [6.07, 6.45) is 4.28. The molecule has 0 saturated carbocycles. The summed E-state index contributed by atoms with van der Waals surface area (Å²) in [5, 5.41) is 3.81. The Morgan fingerprint density at radius 2 is 2.06 bits per heavy atom. The van der Waals surface area contributed by atoms with Gasteiger partial charge in [-0.2, -0.15) is 0 Å². The zero-order valence-electron chi connectivity index (χ0n) is 9.01. The van der Waals surface area contributed by atoms with Gasteiger partial charge in [0.15, 0.2) is 11.5 Å². The van der Waals surface area contributed by atoms with Gasteiger partial charge < -0.3 is 14.3 Å². The van der Waals surface area contributed by atoms with Crippen LogP contribution in [0.1, 0.15) is 0 Å². The fraction of sp³-hybridized carbons (Fsp3) is 0.182. The van der Waals surface area contributed by atoms with E-state index in [9.17, 15) is 0 Å². The van der Waals surface area contributed by atoms with E-state index < -0.39 is 0 Å². The largest absolute Gasteiger partial charge is 0.497 e. The molecule has 0 spiro atoms. The average molecular weight is 219 g/mol. The highest BCUT2D eigenvalue weighted by molar-refractivity contribution is 5.45. The van der Waals surface area contributed by atoms with E-state index in [1.54, 1.807) is 44.7 Å². The van der Waals surface area contributed by atoms with Crippen molar-refractivity contribution in [2.24, 2.45) is 0 Å². The Morgan fingerprint density at radius 1 is 1.19 bits per heavy atom. The lowest BCUT2D eigenvalue weighted by Crippen LogP contribution is -2.06. The number of hydrogen-bond acceptors (Lipinski definition) is 4. The summed E-state index contributed by atoms with van der Waals surface area (Å²) in [7, 11) is 3.16. The number of rotatable bonds is 4. The van der Waals surface area contributed by atoms with Crippen LogP contribution < -0.4 is 14.3 Å². The summed E-state index contributed by atoms with van der Waals surface area (Å²) in [5.41, 5.74) is 0. The van der Waals surface area contributed by atoms with Crippen LogP contribution in [0.5, 0.6) is 17.2 Å². The van der Waals surface area contributed by atoms with Crippen LogP contribution in [0.3, 0.4) is 0 Å². The summed E-state index contributed by atoms with van der Waals surface area (Å²) in [6.45, 7) is 0. The van der Waals surface area contributed by atoms with E-state index in [0.29, 0.717) is 17.2 Å². The molecule has 5 nitrogen and oxygen atoms in total. The molecule has 83 valence electrons. The topological polar surface area (TPSA) is 45.5 Å². The van der Waals surface area contributed by atoms with Crippen LogP contribution in [-0.4, -0.2) is 24.2 Å². The van der Waals surface area contributed by atoms with Gasteiger partial charge in [0.1, 0.15) is 11.9 Å². The second-order valence-corrected chi connectivity index (χ2v) is 2.96. The molecule has 1 aromatic carbocycles. The Morgan fingerprint density at radius 3 is 2.69 bits per heavy atom. The van der Waals surface area contributed by atoms with Crippen LogP contribution in [0.2, 0.25) is 0 Å². The Bertz CT molecular complexity index is 454. The first-order valence-corrected chi connectivity index (χ1v) is 4.65. The molecule has 0 atom stereocenters. The van der Waals surface area contributed by atoms with Gasteiger partial charge in [0, 0.05) is 6.07 Å². The standard InChI is InChI=1S/C11H11N2O3/c1-14-9-4-5-10(11(8-9)15-2)16-13-7-3-6-12-13/h3-5,7-8H,1-2H3. The molecule has 0 N–H and O–H groups in total. The Kier molecular flexibility index (Phi) is 2.95. The van der Waals surface area contributed by atoms with Crippen LogP contribution in [-0.2, 0) is 0 Å². The normalized spacial score (nSPS) is 9.88. The first kappa shape index (κ1) is 10.4. The fourth-order valence-corrected chi connectivity index (χ4v) is 1.22. The van der Waals surface area contributed by atoms with Crippen molar-refractivity contribution >= 4 is 0 Å². The van der Waals surface area contributed by atoms with Gasteiger partial charge in [-0.05, 0) is 18.2 Å². The molecule has 0 unspecified atom stereocenters. The van der Waals surface area contributed by atoms with Crippen LogP contribution in [0, 0.1) is 6.20 Å². The van der Waals surface area contributed by atoms with Gasteiger partial charge in [-0.3, -0.25) is 0 Å². The van der Waals surface area contributed by atoms with Gasteiger partial charge in [-0.15, -0.1) is 5.10 Å². The molecule has 0 fully saturated rings. The molecule has 0 amide bonds. The molecular weight excluding hydrogens is 208 g/mol. The lowest BCUT2D eigenvalue weighted by Gasteiger charge is -2.10. The third-order valence-electron chi connectivity index (χ3n) is 2.00. The minimum Gasteiger partial charge on any atom is -0.497 e. The van der Waals surface area contributed by atoms with E-state index in [-0.39, 0.29) is 0 Å². The van der Waals surface area contributed by atoms with Crippen LogP contribution in [0.25, 0.3) is 0 Å². The van der Waals surface area contributed by atoms with Crippen molar-refractivity contribution in [3.05, 3.63) is 36.7 Å². The smallest absolute Gasteiger partial charge is 0.199 e. The van der Waals surface area contributed by atoms with E-state index in [4.69, 9.17) is 14.3 Å². The lowest BCUT2D eigenvalue weighted by molar-refractivity contribution is 0.170. The highest BCUT2D eigenvalue weighted by atomic mass is 16.7. The molecule has 0 aliphatic carbocycles. The van der Waals surface area contributed by atoms with E-state index in [0.717, 1.165) is 0 Å². The minimum atomic E-state index is 0.556. The first-order valence-electron chi connectivity index (χ1n) is 4.65. The molecule has 0 saturated heterocycles. The van der Waals surface area contributed by atoms with Gasteiger partial charge in [0.05, 0.1) is 20.4 Å². The van der Waals surface area contributed by atoms with Gasteiger partial charge in [0.25, 0.3) is 0 Å². The zero-order valence-corrected chi connectivity index (χ0v) is 9.01. The second-order valence-electron chi connectivity index (χ2n) is 2.96. The Labute approximate surface area is 93.1 Å². The zero-order chi connectivity index (χ0) is 11.4. The van der Waals surface area contributed by atoms with Crippen molar-refractivity contribution in [3.8, 4) is 17.2 Å².